The van der Waals surface area contributed by atoms with E-state index in [1.807, 2.05) is 30.3 Å². The molecule has 0 unspecified atom stereocenters. The normalized spacial score (nSPS) is 9.85. The Morgan fingerprint density at radius 3 is 2.30 bits per heavy atom. The number of nitrogens with zero attached hydrogens (tertiary/aromatic N) is 1. The van der Waals surface area contributed by atoms with Crippen LogP contribution in [0.15, 0.2) is 54.6 Å². The topological polar surface area (TPSA) is 84.7 Å². The number of ether oxygens (including phenoxy) is 1. The third-order valence-corrected chi connectivity index (χ3v) is 4.02. The number of amides is 2. The van der Waals surface area contributed by atoms with Crippen molar-refractivity contribution in [3.8, 4) is 5.75 Å². The first-order valence-corrected chi connectivity index (χ1v) is 8.58. The van der Waals surface area contributed by atoms with Crippen LogP contribution in [-0.2, 0) is 11.2 Å². The third kappa shape index (κ3) is 7.29. The highest BCUT2D eigenvalue weighted by molar-refractivity contribution is 5.96. The summed E-state index contributed by atoms with van der Waals surface area (Å²) in [5.41, 5.74) is 7.25. The zero-order valence-corrected chi connectivity index (χ0v) is 16.2. The van der Waals surface area contributed by atoms with Crippen LogP contribution in [0.1, 0.15) is 15.9 Å². The highest BCUT2D eigenvalue weighted by Gasteiger charge is 2.14. The zero-order valence-electron chi connectivity index (χ0n) is 15.4. The van der Waals surface area contributed by atoms with Gasteiger partial charge in [0.2, 0.25) is 5.91 Å². The van der Waals surface area contributed by atoms with Gasteiger partial charge in [-0.15, -0.1) is 12.4 Å². The van der Waals surface area contributed by atoms with Gasteiger partial charge in [0.15, 0.2) is 0 Å². The van der Waals surface area contributed by atoms with Crippen LogP contribution in [-0.4, -0.2) is 50.0 Å². The van der Waals surface area contributed by atoms with Crippen molar-refractivity contribution in [1.82, 2.24) is 10.2 Å². The van der Waals surface area contributed by atoms with Crippen LogP contribution >= 0.6 is 12.4 Å². The SMILES string of the molecule is COc1ccc(C(=O)NCC(=O)N(CCN)CCc2ccccc2)cc1.Cl. The molecule has 3 N–H and O–H groups in total. The lowest BCUT2D eigenvalue weighted by molar-refractivity contribution is -0.130. The number of halogens is 1. The number of carbonyl (C=O) groups is 2. The fraction of sp³-hybridized carbons (Fsp3) is 0.300. The number of nitrogens with two attached hydrogens (primary N) is 1. The van der Waals surface area contributed by atoms with Gasteiger partial charge in [0.1, 0.15) is 5.75 Å². The van der Waals surface area contributed by atoms with Gasteiger partial charge in [-0.3, -0.25) is 9.59 Å². The first-order valence-electron chi connectivity index (χ1n) is 8.58. The van der Waals surface area contributed by atoms with Crippen LogP contribution in [0.25, 0.3) is 0 Å². The third-order valence-electron chi connectivity index (χ3n) is 4.02. The largest absolute Gasteiger partial charge is 0.497 e. The maximum absolute atomic E-state index is 12.4. The number of methoxy groups -OCH3 is 1. The van der Waals surface area contributed by atoms with Crippen LogP contribution in [0.4, 0.5) is 0 Å². The van der Waals surface area contributed by atoms with E-state index in [0.717, 1.165) is 12.0 Å². The molecule has 0 heterocycles. The Hall–Kier alpha value is -2.57. The molecule has 2 aromatic rings. The van der Waals surface area contributed by atoms with E-state index in [-0.39, 0.29) is 30.8 Å². The Balaban J connectivity index is 0.00000364. The summed E-state index contributed by atoms with van der Waals surface area (Å²) in [4.78, 5) is 26.3. The van der Waals surface area contributed by atoms with Gasteiger partial charge < -0.3 is 20.7 Å². The number of nitrogens with one attached hydrogen (secondary N) is 1. The molecule has 0 aromatic heterocycles. The smallest absolute Gasteiger partial charge is 0.251 e. The molecular weight excluding hydrogens is 366 g/mol. The van der Waals surface area contributed by atoms with Crippen molar-refractivity contribution in [3.63, 3.8) is 0 Å². The van der Waals surface area contributed by atoms with Gasteiger partial charge in [0.05, 0.1) is 13.7 Å². The molecule has 0 aliphatic rings. The Bertz CT molecular complexity index is 708. The van der Waals surface area contributed by atoms with Gasteiger partial charge in [-0.2, -0.15) is 0 Å². The molecule has 0 spiro atoms. The van der Waals surface area contributed by atoms with Crippen molar-refractivity contribution < 1.29 is 14.3 Å². The number of rotatable bonds is 9. The molecule has 0 saturated carbocycles. The second kappa shape index (κ2) is 11.9. The number of benzene rings is 2. The van der Waals surface area contributed by atoms with Crippen molar-refractivity contribution in [2.75, 3.05) is 33.3 Å². The van der Waals surface area contributed by atoms with Gasteiger partial charge in [-0.25, -0.2) is 0 Å². The molecule has 146 valence electrons. The number of hydrogen-bond donors (Lipinski definition) is 2. The predicted molar refractivity (Wildman–Crippen MR) is 108 cm³/mol. The highest BCUT2D eigenvalue weighted by Crippen LogP contribution is 2.11. The minimum absolute atomic E-state index is 0. The van der Waals surface area contributed by atoms with Crippen LogP contribution in [0.5, 0.6) is 5.75 Å². The molecular formula is C20H26ClN3O3. The maximum atomic E-state index is 12.4. The summed E-state index contributed by atoms with van der Waals surface area (Å²) in [7, 11) is 1.56. The molecule has 0 radical (unpaired) electrons. The molecule has 0 fully saturated rings. The molecule has 0 atom stereocenters. The van der Waals surface area contributed by atoms with Crippen molar-refractivity contribution in [2.24, 2.45) is 5.73 Å². The molecule has 0 aliphatic heterocycles. The van der Waals surface area contributed by atoms with E-state index < -0.39 is 0 Å². The fourth-order valence-corrected chi connectivity index (χ4v) is 2.54. The molecule has 2 rings (SSSR count). The molecule has 2 aromatic carbocycles. The van der Waals surface area contributed by atoms with E-state index in [2.05, 4.69) is 5.32 Å². The summed E-state index contributed by atoms with van der Waals surface area (Å²) in [6, 6.07) is 16.7. The summed E-state index contributed by atoms with van der Waals surface area (Å²) >= 11 is 0. The summed E-state index contributed by atoms with van der Waals surface area (Å²) < 4.78 is 5.06. The first kappa shape index (κ1) is 22.5. The quantitative estimate of drug-likeness (QED) is 0.683. The molecule has 6 nitrogen and oxygen atoms in total. The summed E-state index contributed by atoms with van der Waals surface area (Å²) in [5, 5.41) is 2.66. The van der Waals surface area contributed by atoms with Gasteiger partial charge in [0, 0.05) is 25.2 Å². The predicted octanol–water partition coefficient (Wildman–Crippen LogP) is 1.88. The van der Waals surface area contributed by atoms with E-state index in [4.69, 9.17) is 10.5 Å². The summed E-state index contributed by atoms with van der Waals surface area (Å²) in [6.07, 6.45) is 0.749. The minimum atomic E-state index is -0.295. The summed E-state index contributed by atoms with van der Waals surface area (Å²) in [6.45, 7) is 1.36. The number of carbonyl (C=O) groups excluding carboxylic acids is 2. The highest BCUT2D eigenvalue weighted by atomic mass is 35.5. The van der Waals surface area contributed by atoms with E-state index in [1.54, 1.807) is 36.3 Å². The second-order valence-corrected chi connectivity index (χ2v) is 5.82. The van der Waals surface area contributed by atoms with Gasteiger partial charge in [-0.05, 0) is 36.2 Å². The number of hydrogen-bond acceptors (Lipinski definition) is 4. The molecule has 0 saturated heterocycles. The van der Waals surface area contributed by atoms with Gasteiger partial charge in [-0.1, -0.05) is 30.3 Å². The minimum Gasteiger partial charge on any atom is -0.497 e. The Morgan fingerprint density at radius 2 is 1.70 bits per heavy atom. The molecule has 27 heavy (non-hydrogen) atoms. The molecule has 0 aliphatic carbocycles. The summed E-state index contributed by atoms with van der Waals surface area (Å²) in [5.74, 6) is 0.234. The second-order valence-electron chi connectivity index (χ2n) is 5.82. The van der Waals surface area contributed by atoms with E-state index in [1.165, 1.54) is 0 Å². The van der Waals surface area contributed by atoms with Crippen LogP contribution in [0.3, 0.4) is 0 Å². The van der Waals surface area contributed by atoms with Gasteiger partial charge >= 0.3 is 0 Å². The van der Waals surface area contributed by atoms with E-state index in [0.29, 0.717) is 30.9 Å². The van der Waals surface area contributed by atoms with Crippen LogP contribution in [0.2, 0.25) is 0 Å². The molecule has 2 amide bonds. The van der Waals surface area contributed by atoms with Gasteiger partial charge in [0.25, 0.3) is 5.91 Å². The van der Waals surface area contributed by atoms with E-state index in [9.17, 15) is 9.59 Å². The standard InChI is InChI=1S/C20H25N3O3.ClH/c1-26-18-9-7-17(8-10-18)20(25)22-15-19(24)23(14-12-21)13-11-16-5-3-2-4-6-16;/h2-10H,11-15,21H2,1H3,(H,22,25);1H. The lowest BCUT2D eigenvalue weighted by atomic mass is 10.1. The van der Waals surface area contributed by atoms with Crippen LogP contribution in [0, 0.1) is 0 Å². The van der Waals surface area contributed by atoms with Crippen molar-refractivity contribution in [2.45, 2.75) is 6.42 Å². The lowest BCUT2D eigenvalue weighted by Gasteiger charge is -2.22. The Kier molecular flexibility index (Phi) is 9.93. The monoisotopic (exact) mass is 391 g/mol. The Morgan fingerprint density at radius 1 is 1.04 bits per heavy atom. The van der Waals surface area contributed by atoms with Crippen molar-refractivity contribution >= 4 is 24.2 Å². The maximum Gasteiger partial charge on any atom is 0.251 e. The average Bonchev–Trinajstić information content (AvgIpc) is 2.69. The van der Waals surface area contributed by atoms with Crippen LogP contribution < -0.4 is 15.8 Å². The molecule has 7 heteroatoms. The zero-order chi connectivity index (χ0) is 18.8. The van der Waals surface area contributed by atoms with Crippen molar-refractivity contribution in [3.05, 3.63) is 65.7 Å². The Labute approximate surface area is 166 Å². The first-order chi connectivity index (χ1) is 12.6. The van der Waals surface area contributed by atoms with E-state index >= 15 is 0 Å². The average molecular weight is 392 g/mol. The lowest BCUT2D eigenvalue weighted by Crippen LogP contribution is -2.43. The fourth-order valence-electron chi connectivity index (χ4n) is 2.54. The van der Waals surface area contributed by atoms with Crippen molar-refractivity contribution in [1.29, 1.82) is 0 Å². The molecule has 0 bridgehead atoms.